The van der Waals surface area contributed by atoms with Gasteiger partial charge in [-0.1, -0.05) is 13.3 Å². The maximum Gasteiger partial charge on any atom is 0.241 e. The van der Waals surface area contributed by atoms with Crippen LogP contribution >= 0.6 is 0 Å². The van der Waals surface area contributed by atoms with E-state index in [9.17, 15) is 4.79 Å². The van der Waals surface area contributed by atoms with Gasteiger partial charge < -0.3 is 14.8 Å². The van der Waals surface area contributed by atoms with Crippen LogP contribution in [0.5, 0.6) is 11.5 Å². The van der Waals surface area contributed by atoms with Crippen molar-refractivity contribution < 1.29 is 14.3 Å². The highest BCUT2D eigenvalue weighted by molar-refractivity contribution is 5.94. The van der Waals surface area contributed by atoms with Crippen molar-refractivity contribution in [1.29, 1.82) is 5.26 Å². The van der Waals surface area contributed by atoms with Gasteiger partial charge in [0.05, 0.1) is 6.07 Å². The van der Waals surface area contributed by atoms with Gasteiger partial charge in [0.25, 0.3) is 0 Å². The van der Waals surface area contributed by atoms with Crippen molar-refractivity contribution in [3.8, 4) is 17.6 Å². The Hall–Kier alpha value is -2.22. The van der Waals surface area contributed by atoms with E-state index in [0.717, 1.165) is 6.42 Å². The van der Waals surface area contributed by atoms with Gasteiger partial charge in [0, 0.05) is 11.8 Å². The number of nitriles is 1. The van der Waals surface area contributed by atoms with Crippen molar-refractivity contribution in [1.82, 2.24) is 0 Å². The first-order valence-corrected chi connectivity index (χ1v) is 6.34. The summed E-state index contributed by atoms with van der Waals surface area (Å²) in [5.41, 5.74) is 0.616. The number of carbonyl (C=O) groups is 1. The van der Waals surface area contributed by atoms with E-state index >= 15 is 0 Å². The molecule has 19 heavy (non-hydrogen) atoms. The zero-order chi connectivity index (χ0) is 13.7. The summed E-state index contributed by atoms with van der Waals surface area (Å²) in [7, 11) is 0. The van der Waals surface area contributed by atoms with Gasteiger partial charge in [0.15, 0.2) is 11.5 Å². The monoisotopic (exact) mass is 260 g/mol. The number of fused-ring (bicyclic) bond motifs is 1. The molecule has 1 aliphatic heterocycles. The number of rotatable bonds is 4. The third-order valence-electron chi connectivity index (χ3n) is 2.86. The van der Waals surface area contributed by atoms with Crippen molar-refractivity contribution in [2.75, 3.05) is 18.5 Å². The molecule has 1 aromatic carbocycles. The minimum Gasteiger partial charge on any atom is -0.486 e. The highest BCUT2D eigenvalue weighted by Crippen LogP contribution is 2.32. The average Bonchev–Trinajstić information content (AvgIpc) is 2.44. The lowest BCUT2D eigenvalue weighted by molar-refractivity contribution is -0.118. The van der Waals surface area contributed by atoms with E-state index in [-0.39, 0.29) is 5.91 Å². The Kier molecular flexibility index (Phi) is 4.24. The summed E-state index contributed by atoms with van der Waals surface area (Å²) in [5, 5.41) is 11.7. The molecule has 1 amide bonds. The number of hydrogen-bond acceptors (Lipinski definition) is 4. The quantitative estimate of drug-likeness (QED) is 0.901. The smallest absolute Gasteiger partial charge is 0.241 e. The zero-order valence-electron chi connectivity index (χ0n) is 10.8. The molecule has 0 fully saturated rings. The first kappa shape index (κ1) is 13.2. The highest BCUT2D eigenvalue weighted by atomic mass is 16.6. The zero-order valence-corrected chi connectivity index (χ0v) is 10.8. The molecule has 0 saturated carbocycles. The van der Waals surface area contributed by atoms with Crippen LogP contribution in [-0.2, 0) is 4.79 Å². The second-order valence-corrected chi connectivity index (χ2v) is 4.32. The van der Waals surface area contributed by atoms with E-state index in [0.29, 0.717) is 36.8 Å². The second kappa shape index (κ2) is 6.10. The number of amides is 1. The number of nitrogens with one attached hydrogen (secondary N) is 1. The minimum atomic E-state index is -0.613. The number of carbonyl (C=O) groups excluding carboxylic acids is 1. The molecule has 5 heteroatoms. The molecule has 0 radical (unpaired) electrons. The van der Waals surface area contributed by atoms with E-state index in [1.807, 2.05) is 13.0 Å². The summed E-state index contributed by atoms with van der Waals surface area (Å²) in [5.74, 6) is 0.405. The Morgan fingerprint density at radius 3 is 2.84 bits per heavy atom. The Balaban J connectivity index is 2.07. The maximum absolute atomic E-state index is 11.9. The molecule has 0 aromatic heterocycles. The van der Waals surface area contributed by atoms with E-state index in [4.69, 9.17) is 14.7 Å². The molecule has 1 N–H and O–H groups in total. The molecule has 100 valence electrons. The number of anilines is 1. The fourth-order valence-corrected chi connectivity index (χ4v) is 1.89. The third kappa shape index (κ3) is 3.16. The average molecular weight is 260 g/mol. The molecule has 1 atom stereocenters. The molecule has 0 spiro atoms. The van der Waals surface area contributed by atoms with Crippen LogP contribution in [0.2, 0.25) is 0 Å². The molecule has 1 unspecified atom stereocenters. The fourth-order valence-electron chi connectivity index (χ4n) is 1.89. The van der Waals surface area contributed by atoms with Crippen LogP contribution in [-0.4, -0.2) is 19.1 Å². The SMILES string of the molecule is CCCC(C#N)C(=O)Nc1ccc2c(c1)OCCO2. The summed E-state index contributed by atoms with van der Waals surface area (Å²) in [4.78, 5) is 11.9. The molecule has 0 aliphatic carbocycles. The van der Waals surface area contributed by atoms with Crippen LogP contribution in [0, 0.1) is 17.2 Å². The van der Waals surface area contributed by atoms with Crippen molar-refractivity contribution in [2.24, 2.45) is 5.92 Å². The van der Waals surface area contributed by atoms with Gasteiger partial charge >= 0.3 is 0 Å². The number of ether oxygens (including phenoxy) is 2. The first-order chi connectivity index (χ1) is 9.24. The van der Waals surface area contributed by atoms with Crippen molar-refractivity contribution in [3.63, 3.8) is 0 Å². The topological polar surface area (TPSA) is 71.4 Å². The van der Waals surface area contributed by atoms with Gasteiger partial charge in [-0.3, -0.25) is 4.79 Å². The highest BCUT2D eigenvalue weighted by Gasteiger charge is 2.18. The van der Waals surface area contributed by atoms with Crippen molar-refractivity contribution in [2.45, 2.75) is 19.8 Å². The Morgan fingerprint density at radius 1 is 1.42 bits per heavy atom. The third-order valence-corrected chi connectivity index (χ3v) is 2.86. The standard InChI is InChI=1S/C14H16N2O3/c1-2-3-10(9-15)14(17)16-11-4-5-12-13(8-11)19-7-6-18-12/h4-5,8,10H,2-3,6-7H2,1H3,(H,16,17). The lowest BCUT2D eigenvalue weighted by Gasteiger charge is -2.19. The largest absolute Gasteiger partial charge is 0.486 e. The Labute approximate surface area is 112 Å². The molecule has 2 rings (SSSR count). The van der Waals surface area contributed by atoms with Crippen LogP contribution in [0.4, 0.5) is 5.69 Å². The molecule has 1 heterocycles. The summed E-state index contributed by atoms with van der Waals surface area (Å²) < 4.78 is 10.8. The number of hydrogen-bond donors (Lipinski definition) is 1. The molecule has 1 aromatic rings. The number of nitrogens with zero attached hydrogens (tertiary/aromatic N) is 1. The molecule has 5 nitrogen and oxygen atoms in total. The van der Waals surface area contributed by atoms with E-state index < -0.39 is 5.92 Å². The molecular formula is C14H16N2O3. The second-order valence-electron chi connectivity index (χ2n) is 4.32. The first-order valence-electron chi connectivity index (χ1n) is 6.34. The number of benzene rings is 1. The van der Waals surface area contributed by atoms with Crippen LogP contribution in [0.1, 0.15) is 19.8 Å². The summed E-state index contributed by atoms with van der Waals surface area (Å²) in [6.07, 6.45) is 1.36. The van der Waals surface area contributed by atoms with Gasteiger partial charge in [0.2, 0.25) is 5.91 Å². The summed E-state index contributed by atoms with van der Waals surface area (Å²) in [6.45, 7) is 2.98. The molecule has 0 saturated heterocycles. The van der Waals surface area contributed by atoms with Gasteiger partial charge in [-0.15, -0.1) is 0 Å². The van der Waals surface area contributed by atoms with Gasteiger partial charge in [0.1, 0.15) is 19.1 Å². The Morgan fingerprint density at radius 2 is 2.16 bits per heavy atom. The van der Waals surface area contributed by atoms with E-state index in [1.54, 1.807) is 18.2 Å². The van der Waals surface area contributed by atoms with Crippen LogP contribution in [0.3, 0.4) is 0 Å². The van der Waals surface area contributed by atoms with Gasteiger partial charge in [-0.05, 0) is 18.6 Å². The predicted octanol–water partition coefficient (Wildman–Crippen LogP) is 2.34. The predicted molar refractivity (Wildman–Crippen MR) is 70.1 cm³/mol. The van der Waals surface area contributed by atoms with E-state index in [1.165, 1.54) is 0 Å². The van der Waals surface area contributed by atoms with E-state index in [2.05, 4.69) is 5.32 Å². The summed E-state index contributed by atoms with van der Waals surface area (Å²) in [6, 6.07) is 7.23. The van der Waals surface area contributed by atoms with Crippen molar-refractivity contribution in [3.05, 3.63) is 18.2 Å². The van der Waals surface area contributed by atoms with Gasteiger partial charge in [-0.2, -0.15) is 5.26 Å². The van der Waals surface area contributed by atoms with Crippen LogP contribution in [0.25, 0.3) is 0 Å². The van der Waals surface area contributed by atoms with Gasteiger partial charge in [-0.25, -0.2) is 0 Å². The van der Waals surface area contributed by atoms with Crippen LogP contribution < -0.4 is 14.8 Å². The minimum absolute atomic E-state index is 0.277. The molecular weight excluding hydrogens is 244 g/mol. The lowest BCUT2D eigenvalue weighted by Crippen LogP contribution is -2.22. The normalized spacial score (nSPS) is 14.3. The van der Waals surface area contributed by atoms with Crippen molar-refractivity contribution >= 4 is 11.6 Å². The van der Waals surface area contributed by atoms with Crippen LogP contribution in [0.15, 0.2) is 18.2 Å². The lowest BCUT2D eigenvalue weighted by atomic mass is 10.0. The Bertz CT molecular complexity index is 508. The maximum atomic E-state index is 11.9. The molecule has 1 aliphatic rings. The fraction of sp³-hybridized carbons (Fsp3) is 0.429. The summed E-state index contributed by atoms with van der Waals surface area (Å²) >= 11 is 0. The molecule has 0 bridgehead atoms.